The molecule has 0 bridgehead atoms. The molecule has 1 aliphatic heterocycles. The molecular weight excluding hydrogens is 334 g/mol. The second-order valence-corrected chi connectivity index (χ2v) is 5.93. The molecule has 0 saturated carbocycles. The van der Waals surface area contributed by atoms with E-state index in [1.54, 1.807) is 0 Å². The predicted octanol–water partition coefficient (Wildman–Crippen LogP) is 3.23. The molecule has 2 aromatic carbocycles. The van der Waals surface area contributed by atoms with Crippen LogP contribution >= 0.6 is 0 Å². The Balaban J connectivity index is 1.64. The van der Waals surface area contributed by atoms with Crippen molar-refractivity contribution in [3.8, 4) is 11.5 Å². The highest BCUT2D eigenvalue weighted by molar-refractivity contribution is 5.95. The maximum atomic E-state index is 11.5. The van der Waals surface area contributed by atoms with Crippen molar-refractivity contribution in [2.24, 2.45) is 0 Å². The van der Waals surface area contributed by atoms with Gasteiger partial charge in [-0.3, -0.25) is 0 Å². The van der Waals surface area contributed by atoms with E-state index in [9.17, 15) is 9.59 Å². The third kappa shape index (κ3) is 4.53. The number of hydrogen-bond acceptors (Lipinski definition) is 5. The van der Waals surface area contributed by atoms with Gasteiger partial charge < -0.3 is 19.5 Å². The fourth-order valence-corrected chi connectivity index (χ4v) is 2.73. The second-order valence-electron chi connectivity index (χ2n) is 5.93. The van der Waals surface area contributed by atoms with Crippen LogP contribution in [0.4, 0.5) is 4.79 Å². The monoisotopic (exact) mass is 355 g/mol. The van der Waals surface area contributed by atoms with Crippen LogP contribution in [-0.4, -0.2) is 24.7 Å². The summed E-state index contributed by atoms with van der Waals surface area (Å²) in [4.78, 5) is 22.6. The fraction of sp³-hybridized carbons (Fsp3) is 0.300. The van der Waals surface area contributed by atoms with Crippen LogP contribution in [0.3, 0.4) is 0 Å². The van der Waals surface area contributed by atoms with Crippen LogP contribution in [0, 0.1) is 0 Å². The Hall–Kier alpha value is -3.02. The van der Waals surface area contributed by atoms with Crippen molar-refractivity contribution in [1.29, 1.82) is 0 Å². The molecule has 1 N–H and O–H groups in total. The van der Waals surface area contributed by atoms with E-state index in [1.807, 2.05) is 55.5 Å². The van der Waals surface area contributed by atoms with Gasteiger partial charge in [0.05, 0.1) is 6.61 Å². The molecule has 136 valence electrons. The lowest BCUT2D eigenvalue weighted by Gasteiger charge is -2.14. The second kappa shape index (κ2) is 8.38. The molecular formula is C20H21NO5. The van der Waals surface area contributed by atoms with Crippen LogP contribution in [0.25, 0.3) is 0 Å². The number of hydrogen-bond donors (Lipinski definition) is 1. The molecule has 0 spiro atoms. The number of benzene rings is 2. The van der Waals surface area contributed by atoms with E-state index in [4.69, 9.17) is 9.47 Å². The molecule has 1 atom stereocenters. The Morgan fingerprint density at radius 2 is 1.81 bits per heavy atom. The number of carbonyl (C=O) groups excluding carboxylic acids is 2. The third-order valence-electron chi connectivity index (χ3n) is 4.04. The SMILES string of the molecule is CCOc1cc(CCC2NC(=O)OC2=O)ccc1OCc1ccccc1. The first-order chi connectivity index (χ1) is 12.7. The number of amides is 1. The van der Waals surface area contributed by atoms with Gasteiger partial charge in [-0.2, -0.15) is 0 Å². The van der Waals surface area contributed by atoms with Gasteiger partial charge in [-0.05, 0) is 43.0 Å². The van der Waals surface area contributed by atoms with Gasteiger partial charge in [0.2, 0.25) is 0 Å². The Morgan fingerprint density at radius 3 is 2.50 bits per heavy atom. The van der Waals surface area contributed by atoms with Crippen molar-refractivity contribution in [2.75, 3.05) is 6.61 Å². The highest BCUT2D eigenvalue weighted by Gasteiger charge is 2.31. The number of aryl methyl sites for hydroxylation is 1. The number of rotatable bonds is 8. The summed E-state index contributed by atoms with van der Waals surface area (Å²) < 4.78 is 16.1. The number of esters is 1. The van der Waals surface area contributed by atoms with Gasteiger partial charge in [-0.15, -0.1) is 0 Å². The van der Waals surface area contributed by atoms with Gasteiger partial charge >= 0.3 is 12.1 Å². The lowest BCUT2D eigenvalue weighted by Crippen LogP contribution is -2.29. The van der Waals surface area contributed by atoms with Crippen molar-refractivity contribution >= 4 is 12.1 Å². The van der Waals surface area contributed by atoms with E-state index in [0.29, 0.717) is 37.6 Å². The standard InChI is InChI=1S/C20H21NO5/c1-2-24-18-12-14(8-10-16-19(22)26-20(23)21-16)9-11-17(18)25-13-15-6-4-3-5-7-15/h3-7,9,11-12,16H,2,8,10,13H2,1H3,(H,21,23). The van der Waals surface area contributed by atoms with Crippen molar-refractivity contribution in [3.05, 3.63) is 59.7 Å². The van der Waals surface area contributed by atoms with E-state index in [0.717, 1.165) is 11.1 Å². The van der Waals surface area contributed by atoms with E-state index in [1.165, 1.54) is 0 Å². The maximum absolute atomic E-state index is 11.5. The number of alkyl carbamates (subject to hydrolysis) is 1. The molecule has 0 aliphatic carbocycles. The van der Waals surface area contributed by atoms with Crippen LogP contribution in [-0.2, 0) is 22.6 Å². The van der Waals surface area contributed by atoms with Crippen LogP contribution in [0.1, 0.15) is 24.5 Å². The van der Waals surface area contributed by atoms with Gasteiger partial charge in [0.1, 0.15) is 12.6 Å². The van der Waals surface area contributed by atoms with Gasteiger partial charge in [-0.1, -0.05) is 36.4 Å². The molecule has 1 unspecified atom stereocenters. The van der Waals surface area contributed by atoms with Crippen molar-refractivity contribution in [1.82, 2.24) is 5.32 Å². The summed E-state index contributed by atoms with van der Waals surface area (Å²) >= 11 is 0. The zero-order chi connectivity index (χ0) is 18.4. The summed E-state index contributed by atoms with van der Waals surface area (Å²) in [5.74, 6) is 0.815. The maximum Gasteiger partial charge on any atom is 0.415 e. The first kappa shape index (κ1) is 17.8. The first-order valence-corrected chi connectivity index (χ1v) is 8.60. The van der Waals surface area contributed by atoms with Crippen LogP contribution < -0.4 is 14.8 Å². The average molecular weight is 355 g/mol. The molecule has 1 fully saturated rings. The minimum absolute atomic E-state index is 0.459. The lowest BCUT2D eigenvalue weighted by molar-refractivity contribution is -0.135. The molecule has 26 heavy (non-hydrogen) atoms. The molecule has 1 saturated heterocycles. The fourth-order valence-electron chi connectivity index (χ4n) is 2.73. The van der Waals surface area contributed by atoms with E-state index in [2.05, 4.69) is 10.1 Å². The summed E-state index contributed by atoms with van der Waals surface area (Å²) in [6.07, 6.45) is 0.402. The van der Waals surface area contributed by atoms with Gasteiger partial charge in [0, 0.05) is 0 Å². The number of cyclic esters (lactones) is 2. The molecule has 1 amide bonds. The molecule has 2 aromatic rings. The molecule has 6 nitrogen and oxygen atoms in total. The average Bonchev–Trinajstić information content (AvgIpc) is 2.97. The summed E-state index contributed by atoms with van der Waals surface area (Å²) in [7, 11) is 0. The molecule has 1 aliphatic rings. The summed E-state index contributed by atoms with van der Waals surface area (Å²) in [6.45, 7) is 2.90. The largest absolute Gasteiger partial charge is 0.490 e. The van der Waals surface area contributed by atoms with Crippen molar-refractivity contribution < 1.29 is 23.8 Å². The van der Waals surface area contributed by atoms with E-state index >= 15 is 0 Å². The third-order valence-corrected chi connectivity index (χ3v) is 4.04. The van der Waals surface area contributed by atoms with Crippen LogP contribution in [0.5, 0.6) is 11.5 Å². The first-order valence-electron chi connectivity index (χ1n) is 8.60. The van der Waals surface area contributed by atoms with E-state index in [-0.39, 0.29) is 0 Å². The minimum atomic E-state index is -0.681. The van der Waals surface area contributed by atoms with Crippen LogP contribution in [0.2, 0.25) is 0 Å². The lowest BCUT2D eigenvalue weighted by atomic mass is 10.0. The zero-order valence-corrected chi connectivity index (χ0v) is 14.6. The molecule has 6 heteroatoms. The predicted molar refractivity (Wildman–Crippen MR) is 95.1 cm³/mol. The van der Waals surface area contributed by atoms with Gasteiger partial charge in [0.15, 0.2) is 11.5 Å². The normalized spacial score (nSPS) is 16.1. The number of ether oxygens (including phenoxy) is 3. The number of nitrogens with one attached hydrogen (secondary N) is 1. The smallest absolute Gasteiger partial charge is 0.415 e. The van der Waals surface area contributed by atoms with Crippen molar-refractivity contribution in [2.45, 2.75) is 32.4 Å². The minimum Gasteiger partial charge on any atom is -0.490 e. The molecule has 0 radical (unpaired) electrons. The molecule has 3 rings (SSSR count). The highest BCUT2D eigenvalue weighted by Crippen LogP contribution is 2.30. The van der Waals surface area contributed by atoms with Gasteiger partial charge in [0.25, 0.3) is 0 Å². The van der Waals surface area contributed by atoms with Crippen LogP contribution in [0.15, 0.2) is 48.5 Å². The molecule has 1 heterocycles. The van der Waals surface area contributed by atoms with Gasteiger partial charge in [-0.25, -0.2) is 9.59 Å². The summed E-state index contributed by atoms with van der Waals surface area (Å²) in [5.41, 5.74) is 2.07. The Morgan fingerprint density at radius 1 is 1.00 bits per heavy atom. The summed E-state index contributed by atoms with van der Waals surface area (Å²) in [5, 5.41) is 2.50. The van der Waals surface area contributed by atoms with Crippen molar-refractivity contribution in [3.63, 3.8) is 0 Å². The zero-order valence-electron chi connectivity index (χ0n) is 14.6. The topological polar surface area (TPSA) is 73.9 Å². The summed E-state index contributed by atoms with van der Waals surface area (Å²) in [6, 6.07) is 15.0. The number of carbonyl (C=O) groups is 2. The Labute approximate surface area is 152 Å². The Bertz CT molecular complexity index is 775. The highest BCUT2D eigenvalue weighted by atomic mass is 16.6. The molecule has 0 aromatic heterocycles. The Kier molecular flexibility index (Phi) is 5.73. The quantitative estimate of drug-likeness (QED) is 0.581. The van der Waals surface area contributed by atoms with E-state index < -0.39 is 18.1 Å².